The van der Waals surface area contributed by atoms with Crippen molar-refractivity contribution in [1.82, 2.24) is 20.5 Å². The summed E-state index contributed by atoms with van der Waals surface area (Å²) < 4.78 is 0. The number of pyridine rings is 1. The predicted molar refractivity (Wildman–Crippen MR) is 104 cm³/mol. The van der Waals surface area contributed by atoms with Gasteiger partial charge in [0, 0.05) is 63.2 Å². The molecule has 1 amide bonds. The van der Waals surface area contributed by atoms with Crippen molar-refractivity contribution in [3.8, 4) is 0 Å². The molecule has 1 aliphatic heterocycles. The van der Waals surface area contributed by atoms with Crippen LogP contribution in [0.15, 0.2) is 35.8 Å². The van der Waals surface area contributed by atoms with E-state index in [9.17, 15) is 4.79 Å². The maximum absolute atomic E-state index is 11.7. The number of carbonyl (C=O) groups excluding carboxylic acids is 1. The van der Waals surface area contributed by atoms with Gasteiger partial charge in [-0.1, -0.05) is 0 Å². The van der Waals surface area contributed by atoms with Crippen LogP contribution in [0.5, 0.6) is 0 Å². The summed E-state index contributed by atoms with van der Waals surface area (Å²) in [6, 6.07) is 3.61. The molecule has 0 fully saturated rings. The molecular formula is C18H25N7O. The van der Waals surface area contributed by atoms with E-state index >= 15 is 0 Å². The zero-order valence-electron chi connectivity index (χ0n) is 15.3. The molecule has 0 saturated heterocycles. The first kappa shape index (κ1) is 19.2. The van der Waals surface area contributed by atoms with Gasteiger partial charge in [-0.05, 0) is 12.1 Å². The number of amides is 1. The Labute approximate surface area is 153 Å². The summed E-state index contributed by atoms with van der Waals surface area (Å²) in [5.74, 6) is 0.250. The third-order valence-electron chi connectivity index (χ3n) is 4.18. The average molecular weight is 355 g/mol. The van der Waals surface area contributed by atoms with Gasteiger partial charge in [0.1, 0.15) is 5.84 Å². The van der Waals surface area contributed by atoms with Gasteiger partial charge in [0.25, 0.3) is 0 Å². The second-order valence-corrected chi connectivity index (χ2v) is 5.86. The number of aromatic nitrogens is 1. The Morgan fingerprint density at radius 2 is 2.12 bits per heavy atom. The molecule has 2 rings (SSSR count). The molecule has 1 aliphatic rings. The Bertz CT molecular complexity index is 749. The van der Waals surface area contributed by atoms with E-state index in [0.717, 1.165) is 11.3 Å². The van der Waals surface area contributed by atoms with Gasteiger partial charge in [-0.3, -0.25) is 15.2 Å². The van der Waals surface area contributed by atoms with Crippen molar-refractivity contribution in [3.63, 3.8) is 0 Å². The molecule has 8 nitrogen and oxygen atoms in total. The van der Waals surface area contributed by atoms with Crippen molar-refractivity contribution in [1.29, 1.82) is 10.8 Å². The summed E-state index contributed by atoms with van der Waals surface area (Å²) in [7, 11) is 3.59. The second kappa shape index (κ2) is 8.80. The maximum atomic E-state index is 11.7. The van der Waals surface area contributed by atoms with Crippen LogP contribution in [0.1, 0.15) is 19.0 Å². The third kappa shape index (κ3) is 4.47. The van der Waals surface area contributed by atoms with Crippen molar-refractivity contribution < 1.29 is 4.79 Å². The molecule has 0 atom stereocenters. The van der Waals surface area contributed by atoms with Gasteiger partial charge in [-0.2, -0.15) is 0 Å². The fourth-order valence-electron chi connectivity index (χ4n) is 2.74. The number of nitrogens with one attached hydrogen (secondary N) is 5. The molecule has 138 valence electrons. The lowest BCUT2D eigenvalue weighted by Gasteiger charge is -2.30. The molecule has 8 heteroatoms. The molecule has 1 aromatic rings. The van der Waals surface area contributed by atoms with Crippen LogP contribution in [0, 0.1) is 10.8 Å². The first-order chi connectivity index (χ1) is 12.5. The van der Waals surface area contributed by atoms with Crippen molar-refractivity contribution in [2.45, 2.75) is 13.3 Å². The third-order valence-corrected chi connectivity index (χ3v) is 4.18. The first-order valence-corrected chi connectivity index (χ1v) is 8.35. The fraction of sp³-hybridized carbons (Fsp3) is 0.333. The quantitative estimate of drug-likeness (QED) is 0.391. The fourth-order valence-corrected chi connectivity index (χ4v) is 2.74. The molecule has 0 radical (unpaired) electrons. The normalized spacial score (nSPS) is 14.7. The number of anilines is 1. The largest absolute Gasteiger partial charge is 0.393 e. The van der Waals surface area contributed by atoms with Crippen LogP contribution in [0.25, 0.3) is 5.57 Å². The number of amidine groups is 1. The highest BCUT2D eigenvalue weighted by Gasteiger charge is 2.23. The Morgan fingerprint density at radius 1 is 1.35 bits per heavy atom. The number of nitrogens with zero attached hydrogens (tertiary/aromatic N) is 2. The van der Waals surface area contributed by atoms with Gasteiger partial charge in [0.05, 0.1) is 24.1 Å². The van der Waals surface area contributed by atoms with Crippen molar-refractivity contribution in [3.05, 3.63) is 41.5 Å². The van der Waals surface area contributed by atoms with Crippen molar-refractivity contribution >= 4 is 29.2 Å². The minimum Gasteiger partial charge on any atom is -0.393 e. The monoisotopic (exact) mass is 355 g/mol. The Hall–Kier alpha value is -3.16. The minimum atomic E-state index is 0.00645. The highest BCUT2D eigenvalue weighted by Crippen LogP contribution is 2.19. The first-order valence-electron chi connectivity index (χ1n) is 8.35. The SMILES string of the molecule is CN/C=C(\C=N)c1ccc(NC(=N)C2=C(NC)CCN(C(C)=O)C2)cn1. The number of hydrogen-bond acceptors (Lipinski definition) is 6. The van der Waals surface area contributed by atoms with Crippen LogP contribution < -0.4 is 16.0 Å². The van der Waals surface area contributed by atoms with Crippen LogP contribution in [0.2, 0.25) is 0 Å². The average Bonchev–Trinajstić information content (AvgIpc) is 2.66. The maximum Gasteiger partial charge on any atom is 0.219 e. The van der Waals surface area contributed by atoms with Gasteiger partial charge < -0.3 is 26.3 Å². The summed E-state index contributed by atoms with van der Waals surface area (Å²) >= 11 is 0. The molecule has 26 heavy (non-hydrogen) atoms. The topological polar surface area (TPSA) is 117 Å². The minimum absolute atomic E-state index is 0.00645. The van der Waals surface area contributed by atoms with Gasteiger partial charge in [-0.25, -0.2) is 0 Å². The molecule has 2 heterocycles. The van der Waals surface area contributed by atoms with Gasteiger partial charge in [0.15, 0.2) is 0 Å². The molecule has 0 saturated carbocycles. The van der Waals surface area contributed by atoms with Crippen molar-refractivity contribution in [2.24, 2.45) is 0 Å². The van der Waals surface area contributed by atoms with E-state index in [-0.39, 0.29) is 11.7 Å². The van der Waals surface area contributed by atoms with E-state index in [2.05, 4.69) is 20.9 Å². The summed E-state index contributed by atoms with van der Waals surface area (Å²) in [5, 5.41) is 24.9. The molecule has 0 bridgehead atoms. The van der Waals surface area contributed by atoms with Crippen LogP contribution in [0.4, 0.5) is 5.69 Å². The van der Waals surface area contributed by atoms with Crippen LogP contribution in [-0.4, -0.2) is 55.0 Å². The molecule has 5 N–H and O–H groups in total. The Balaban J connectivity index is 2.15. The number of rotatable bonds is 6. The van der Waals surface area contributed by atoms with E-state index in [4.69, 9.17) is 10.8 Å². The van der Waals surface area contributed by atoms with Crippen LogP contribution >= 0.6 is 0 Å². The van der Waals surface area contributed by atoms with E-state index in [1.54, 1.807) is 37.3 Å². The lowest BCUT2D eigenvalue weighted by Crippen LogP contribution is -2.40. The summed E-state index contributed by atoms with van der Waals surface area (Å²) in [5.41, 5.74) is 3.75. The lowest BCUT2D eigenvalue weighted by atomic mass is 10.0. The summed E-state index contributed by atoms with van der Waals surface area (Å²) in [6.45, 7) is 2.61. The van der Waals surface area contributed by atoms with Gasteiger partial charge >= 0.3 is 0 Å². The highest BCUT2D eigenvalue weighted by molar-refractivity contribution is 6.08. The summed E-state index contributed by atoms with van der Waals surface area (Å²) in [6.07, 6.45) is 5.26. The molecule has 0 unspecified atom stereocenters. The van der Waals surface area contributed by atoms with E-state index in [1.165, 1.54) is 6.21 Å². The summed E-state index contributed by atoms with van der Waals surface area (Å²) in [4.78, 5) is 17.7. The molecular weight excluding hydrogens is 330 g/mol. The van der Waals surface area contributed by atoms with E-state index in [0.29, 0.717) is 36.5 Å². The number of hydrogen-bond donors (Lipinski definition) is 5. The van der Waals surface area contributed by atoms with Gasteiger partial charge in [0.2, 0.25) is 5.91 Å². The Morgan fingerprint density at radius 3 is 2.65 bits per heavy atom. The van der Waals surface area contributed by atoms with E-state index in [1.807, 2.05) is 13.1 Å². The van der Waals surface area contributed by atoms with Crippen LogP contribution in [0.3, 0.4) is 0 Å². The highest BCUT2D eigenvalue weighted by atomic mass is 16.2. The second-order valence-electron chi connectivity index (χ2n) is 5.86. The Kier molecular flexibility index (Phi) is 6.48. The predicted octanol–water partition coefficient (Wildman–Crippen LogP) is 1.41. The molecule has 0 aliphatic carbocycles. The number of carbonyl (C=O) groups is 1. The van der Waals surface area contributed by atoms with Gasteiger partial charge in [-0.15, -0.1) is 0 Å². The molecule has 0 aromatic carbocycles. The zero-order chi connectivity index (χ0) is 19.1. The van der Waals surface area contributed by atoms with E-state index < -0.39 is 0 Å². The molecule has 0 spiro atoms. The standard InChI is InChI=1S/C18H25N7O/c1-12(26)25-7-6-17(22-3)15(11-25)18(20)24-14-4-5-16(23-10-14)13(8-19)9-21-2/h4-5,8-10,19,21-22H,6-7,11H2,1-3H3,(H2,20,24)/b13-9+,19-8?. The van der Waals surface area contributed by atoms with Crippen molar-refractivity contribution in [2.75, 3.05) is 32.5 Å². The molecule has 1 aromatic heterocycles. The smallest absolute Gasteiger partial charge is 0.219 e. The zero-order valence-corrected chi connectivity index (χ0v) is 15.3. The lowest BCUT2D eigenvalue weighted by molar-refractivity contribution is -0.128. The van der Waals surface area contributed by atoms with Crippen LogP contribution in [-0.2, 0) is 4.79 Å². The number of allylic oxidation sites excluding steroid dienone is 1.